The first-order chi connectivity index (χ1) is 18.5. The van der Waals surface area contributed by atoms with Gasteiger partial charge in [0.25, 0.3) is 11.8 Å². The molecule has 3 heterocycles. The van der Waals surface area contributed by atoms with Gasteiger partial charge in [0.05, 0.1) is 23.8 Å². The number of aryl methyl sites for hydroxylation is 1. The fourth-order valence-electron chi connectivity index (χ4n) is 5.93. The highest BCUT2D eigenvalue weighted by Gasteiger charge is 2.57. The van der Waals surface area contributed by atoms with Gasteiger partial charge in [-0.1, -0.05) is 25.1 Å². The third-order valence-electron chi connectivity index (χ3n) is 8.23. The number of carbonyl (C=O) groups is 2. The Bertz CT molecular complexity index is 1290. The van der Waals surface area contributed by atoms with E-state index in [2.05, 4.69) is 6.92 Å². The largest absolute Gasteiger partial charge is 0.378 e. The van der Waals surface area contributed by atoms with Crippen molar-refractivity contribution >= 4 is 34.5 Å². The molecule has 8 heteroatoms. The van der Waals surface area contributed by atoms with E-state index < -0.39 is 0 Å². The number of anilines is 2. The molecule has 3 fully saturated rings. The summed E-state index contributed by atoms with van der Waals surface area (Å²) in [5.41, 5.74) is 3.07. The summed E-state index contributed by atoms with van der Waals surface area (Å²) in [7, 11) is 0. The number of amides is 2. The molecule has 6 rings (SSSR count). The first-order valence-electron chi connectivity index (χ1n) is 13.4. The summed E-state index contributed by atoms with van der Waals surface area (Å²) in [5, 5.41) is 1.88. The molecule has 2 saturated heterocycles. The van der Waals surface area contributed by atoms with Gasteiger partial charge in [-0.25, -0.2) is 4.39 Å². The third kappa shape index (κ3) is 4.83. The minimum atomic E-state index is -0.324. The highest BCUT2D eigenvalue weighted by Crippen LogP contribution is 2.52. The smallest absolute Gasteiger partial charge is 0.268 e. The highest BCUT2D eigenvalue weighted by molar-refractivity contribution is 7.12. The van der Waals surface area contributed by atoms with Gasteiger partial charge < -0.3 is 19.4 Å². The Balaban J connectivity index is 1.16. The number of benzene rings is 2. The number of likely N-dealkylation sites (tertiary alicyclic amines) is 1. The number of hydrogen-bond donors (Lipinski definition) is 0. The lowest BCUT2D eigenvalue weighted by atomic mass is 10.1. The zero-order valence-corrected chi connectivity index (χ0v) is 22.3. The van der Waals surface area contributed by atoms with E-state index in [-0.39, 0.29) is 17.6 Å². The van der Waals surface area contributed by atoms with E-state index in [0.29, 0.717) is 79.9 Å². The van der Waals surface area contributed by atoms with Crippen LogP contribution in [0.5, 0.6) is 0 Å². The zero-order valence-electron chi connectivity index (χ0n) is 21.5. The summed E-state index contributed by atoms with van der Waals surface area (Å²) in [6.07, 6.45) is 0.949. The van der Waals surface area contributed by atoms with Gasteiger partial charge in [0.1, 0.15) is 5.82 Å². The fraction of sp³-hybridized carbons (Fsp3) is 0.400. The minimum Gasteiger partial charge on any atom is -0.378 e. The average molecular weight is 534 g/mol. The van der Waals surface area contributed by atoms with Crippen LogP contribution in [0.4, 0.5) is 15.8 Å². The van der Waals surface area contributed by atoms with Crippen LogP contribution in [0.2, 0.25) is 0 Å². The maximum atomic E-state index is 15.3. The van der Waals surface area contributed by atoms with E-state index in [1.165, 1.54) is 23.0 Å². The molecule has 0 spiro atoms. The van der Waals surface area contributed by atoms with Crippen molar-refractivity contribution in [3.05, 3.63) is 81.8 Å². The minimum absolute atomic E-state index is 0.0749. The summed E-state index contributed by atoms with van der Waals surface area (Å²) in [4.78, 5) is 32.9. The van der Waals surface area contributed by atoms with Crippen LogP contribution in [0.15, 0.2) is 60.0 Å². The summed E-state index contributed by atoms with van der Waals surface area (Å²) >= 11 is 1.40. The highest BCUT2D eigenvalue weighted by atomic mass is 32.1. The van der Waals surface area contributed by atoms with Crippen molar-refractivity contribution in [1.29, 1.82) is 0 Å². The Labute approximate surface area is 226 Å². The molecule has 38 heavy (non-hydrogen) atoms. The number of morpholine rings is 1. The van der Waals surface area contributed by atoms with E-state index >= 15 is 4.39 Å². The van der Waals surface area contributed by atoms with E-state index in [4.69, 9.17) is 4.74 Å². The topological polar surface area (TPSA) is 53.1 Å². The van der Waals surface area contributed by atoms with E-state index in [1.54, 1.807) is 11.0 Å². The monoisotopic (exact) mass is 533 g/mol. The third-order valence-corrected chi connectivity index (χ3v) is 9.09. The Morgan fingerprint density at radius 2 is 1.79 bits per heavy atom. The second-order valence-corrected chi connectivity index (χ2v) is 11.3. The number of hydrogen-bond acceptors (Lipinski definition) is 5. The van der Waals surface area contributed by atoms with Gasteiger partial charge in [0.15, 0.2) is 0 Å². The van der Waals surface area contributed by atoms with Crippen molar-refractivity contribution in [2.24, 2.45) is 17.8 Å². The van der Waals surface area contributed by atoms with Gasteiger partial charge in [-0.3, -0.25) is 9.59 Å². The molecule has 198 valence electrons. The standard InChI is InChI=1S/C30H32FN3O3S/c1-2-20-5-7-21(8-6-20)29(35)33-17-23-24(18-33)25(23)19-34(30(36)28-4-3-15-38-28)22-9-10-27(26(31)16-22)32-11-13-37-14-12-32/h3-10,15-16,23-25H,2,11-14,17-19H2,1H3. The van der Waals surface area contributed by atoms with Crippen molar-refractivity contribution in [3.8, 4) is 0 Å². The Morgan fingerprint density at radius 1 is 1.05 bits per heavy atom. The van der Waals surface area contributed by atoms with Gasteiger partial charge >= 0.3 is 0 Å². The van der Waals surface area contributed by atoms with Gasteiger partial charge in [0.2, 0.25) is 0 Å². The molecule has 2 amide bonds. The van der Waals surface area contributed by atoms with Crippen molar-refractivity contribution in [1.82, 2.24) is 4.90 Å². The Kier molecular flexibility index (Phi) is 6.93. The van der Waals surface area contributed by atoms with Crippen LogP contribution >= 0.6 is 11.3 Å². The normalized spacial score (nSPS) is 22.3. The number of rotatable bonds is 7. The molecule has 2 aromatic carbocycles. The molecule has 1 aliphatic carbocycles. The SMILES string of the molecule is CCc1ccc(C(=O)N2CC3C(C2)C3CN(C(=O)c2cccs2)c2ccc(N3CCOCC3)c(F)c2)cc1. The van der Waals surface area contributed by atoms with Crippen molar-refractivity contribution in [3.63, 3.8) is 0 Å². The van der Waals surface area contributed by atoms with Crippen LogP contribution < -0.4 is 9.80 Å². The molecule has 2 atom stereocenters. The average Bonchev–Trinajstić information content (AvgIpc) is 3.34. The Hall–Kier alpha value is -3.23. The number of ether oxygens (including phenoxy) is 1. The molecule has 1 aromatic heterocycles. The number of thiophene rings is 1. The molecule has 0 radical (unpaired) electrons. The summed E-state index contributed by atoms with van der Waals surface area (Å²) in [6.45, 7) is 6.50. The molecular formula is C30H32FN3O3S. The van der Waals surface area contributed by atoms with Crippen molar-refractivity contribution in [2.75, 3.05) is 55.7 Å². The number of piperidine rings is 1. The van der Waals surface area contributed by atoms with Crippen LogP contribution in [0.3, 0.4) is 0 Å². The van der Waals surface area contributed by atoms with E-state index in [0.717, 1.165) is 12.0 Å². The molecule has 1 saturated carbocycles. The molecule has 2 aliphatic heterocycles. The molecule has 0 bridgehead atoms. The number of nitrogens with zero attached hydrogens (tertiary/aromatic N) is 3. The molecular weight excluding hydrogens is 501 g/mol. The summed E-state index contributed by atoms with van der Waals surface area (Å²) in [5.74, 6) is 0.677. The lowest BCUT2D eigenvalue weighted by Crippen LogP contribution is -2.37. The zero-order chi connectivity index (χ0) is 26.2. The van der Waals surface area contributed by atoms with Crippen molar-refractivity contribution in [2.45, 2.75) is 13.3 Å². The van der Waals surface area contributed by atoms with Gasteiger partial charge in [-0.2, -0.15) is 0 Å². The lowest BCUT2D eigenvalue weighted by molar-refractivity contribution is 0.0766. The van der Waals surface area contributed by atoms with Crippen LogP contribution in [-0.4, -0.2) is 62.7 Å². The molecule has 0 N–H and O–H groups in total. The fourth-order valence-corrected chi connectivity index (χ4v) is 6.60. The maximum Gasteiger partial charge on any atom is 0.268 e. The predicted octanol–water partition coefficient (Wildman–Crippen LogP) is 4.95. The number of halogens is 1. The van der Waals surface area contributed by atoms with E-state index in [9.17, 15) is 9.59 Å². The van der Waals surface area contributed by atoms with Crippen LogP contribution in [-0.2, 0) is 11.2 Å². The molecule has 6 nitrogen and oxygen atoms in total. The summed E-state index contributed by atoms with van der Waals surface area (Å²) < 4.78 is 20.7. The van der Waals surface area contributed by atoms with Crippen LogP contribution in [0.25, 0.3) is 0 Å². The maximum absolute atomic E-state index is 15.3. The molecule has 2 unspecified atom stereocenters. The number of carbonyl (C=O) groups excluding carboxylic acids is 2. The quantitative estimate of drug-likeness (QED) is 0.431. The molecule has 3 aliphatic rings. The second kappa shape index (κ2) is 10.5. The second-order valence-electron chi connectivity index (χ2n) is 10.4. The van der Waals surface area contributed by atoms with Crippen molar-refractivity contribution < 1.29 is 18.7 Å². The van der Waals surface area contributed by atoms with E-state index in [1.807, 2.05) is 57.6 Å². The van der Waals surface area contributed by atoms with Gasteiger partial charge in [0, 0.05) is 44.0 Å². The first kappa shape index (κ1) is 25.1. The van der Waals surface area contributed by atoms with Crippen LogP contribution in [0, 0.1) is 23.6 Å². The van der Waals surface area contributed by atoms with Gasteiger partial charge in [-0.15, -0.1) is 11.3 Å². The Morgan fingerprint density at radius 3 is 2.42 bits per heavy atom. The first-order valence-corrected chi connectivity index (χ1v) is 14.3. The predicted molar refractivity (Wildman–Crippen MR) is 148 cm³/mol. The van der Waals surface area contributed by atoms with Gasteiger partial charge in [-0.05, 0) is 71.5 Å². The summed E-state index contributed by atoms with van der Waals surface area (Å²) in [6, 6.07) is 16.7. The molecule has 3 aromatic rings. The lowest BCUT2D eigenvalue weighted by Gasteiger charge is -2.30. The number of fused-ring (bicyclic) bond motifs is 1. The van der Waals surface area contributed by atoms with Crippen LogP contribution in [0.1, 0.15) is 32.5 Å².